The van der Waals surface area contributed by atoms with E-state index >= 15 is 0 Å². The summed E-state index contributed by atoms with van der Waals surface area (Å²) in [7, 11) is -3.15. The first-order valence-corrected chi connectivity index (χ1v) is 10.6. The topological polar surface area (TPSA) is 169 Å². The van der Waals surface area contributed by atoms with Gasteiger partial charge in [-0.2, -0.15) is 8.42 Å². The maximum absolute atomic E-state index is 12.3. The summed E-state index contributed by atoms with van der Waals surface area (Å²) in [4.78, 5) is 23.1. The van der Waals surface area contributed by atoms with Gasteiger partial charge in [0, 0.05) is 6.92 Å². The molecule has 1 amide bonds. The normalized spacial score (nSPS) is 23.2. The van der Waals surface area contributed by atoms with Gasteiger partial charge in [-0.1, -0.05) is 17.7 Å². The second-order valence-corrected chi connectivity index (χ2v) is 8.55. The Bertz CT molecular complexity index is 928. The molecule has 2 rings (SSSR count). The minimum Gasteiger partial charge on any atom is -0.478 e. The molecule has 0 radical (unpaired) electrons. The molecule has 1 aliphatic heterocycles. The van der Waals surface area contributed by atoms with Crippen molar-refractivity contribution in [3.63, 3.8) is 0 Å². The fraction of sp³-hybridized carbons (Fsp3) is 0.474. The molecule has 4 N–H and O–H groups in total. The van der Waals surface area contributed by atoms with E-state index in [1.165, 1.54) is 12.1 Å². The summed E-state index contributed by atoms with van der Waals surface area (Å²) in [5.41, 5.74) is 0.834. The van der Waals surface area contributed by atoms with Crippen molar-refractivity contribution in [3.8, 4) is 0 Å². The highest BCUT2D eigenvalue weighted by molar-refractivity contribution is 7.86. The van der Waals surface area contributed by atoms with Gasteiger partial charge in [-0.25, -0.2) is 4.79 Å². The van der Waals surface area contributed by atoms with Crippen LogP contribution in [0.4, 0.5) is 0 Å². The number of rotatable bonds is 8. The molecule has 1 heterocycles. The van der Waals surface area contributed by atoms with E-state index in [2.05, 4.69) is 10.1 Å². The van der Waals surface area contributed by atoms with E-state index in [0.717, 1.165) is 25.7 Å². The number of nitrogens with one attached hydrogen (secondary N) is 1. The smallest absolute Gasteiger partial charge is 0.373 e. The highest BCUT2D eigenvalue weighted by Gasteiger charge is 2.43. The Morgan fingerprint density at radius 2 is 1.84 bits per heavy atom. The number of aliphatic hydroxyl groups excluding tert-OH is 3. The number of hydrogen-bond donors (Lipinski definition) is 4. The second-order valence-electron chi connectivity index (χ2n) is 6.93. The highest BCUT2D eigenvalue weighted by atomic mass is 32.2. The maximum atomic E-state index is 12.3. The van der Waals surface area contributed by atoms with E-state index in [4.69, 9.17) is 8.92 Å². The van der Waals surface area contributed by atoms with E-state index < -0.39 is 64.8 Å². The van der Waals surface area contributed by atoms with Crippen LogP contribution in [0.2, 0.25) is 0 Å². The Hall–Kier alpha value is -2.51. The number of methoxy groups -OCH3 is 1. The average molecular weight is 459 g/mol. The molecule has 172 valence electrons. The van der Waals surface area contributed by atoms with E-state index in [-0.39, 0.29) is 4.90 Å². The van der Waals surface area contributed by atoms with Gasteiger partial charge in [0.1, 0.15) is 18.3 Å². The Balaban J connectivity index is 2.16. The third-order valence-corrected chi connectivity index (χ3v) is 5.79. The molecule has 0 unspecified atom stereocenters. The summed E-state index contributed by atoms with van der Waals surface area (Å²) in [5, 5.41) is 33.4. The minimum absolute atomic E-state index is 0.142. The third-order valence-electron chi connectivity index (χ3n) is 4.50. The monoisotopic (exact) mass is 459 g/mol. The van der Waals surface area contributed by atoms with Gasteiger partial charge in [-0.05, 0) is 25.1 Å². The van der Waals surface area contributed by atoms with Crippen LogP contribution >= 0.6 is 0 Å². The fourth-order valence-electron chi connectivity index (χ4n) is 2.86. The van der Waals surface area contributed by atoms with Crippen molar-refractivity contribution in [2.75, 3.05) is 13.7 Å². The molecule has 31 heavy (non-hydrogen) atoms. The van der Waals surface area contributed by atoms with Gasteiger partial charge < -0.3 is 30.1 Å². The molecule has 5 atom stereocenters. The van der Waals surface area contributed by atoms with Crippen molar-refractivity contribution in [1.82, 2.24) is 5.32 Å². The van der Waals surface area contributed by atoms with Gasteiger partial charge >= 0.3 is 5.97 Å². The Morgan fingerprint density at radius 1 is 1.23 bits per heavy atom. The van der Waals surface area contributed by atoms with Crippen LogP contribution in [0.1, 0.15) is 12.5 Å². The molecule has 0 saturated carbocycles. The predicted octanol–water partition coefficient (Wildman–Crippen LogP) is -1.26. The molecule has 0 fully saturated rings. The first-order valence-electron chi connectivity index (χ1n) is 9.20. The lowest BCUT2D eigenvalue weighted by molar-refractivity contribution is -0.151. The zero-order valence-corrected chi connectivity index (χ0v) is 17.9. The predicted molar refractivity (Wildman–Crippen MR) is 105 cm³/mol. The van der Waals surface area contributed by atoms with Crippen LogP contribution in [0.25, 0.3) is 0 Å². The number of hydrogen-bond acceptors (Lipinski definition) is 10. The number of aryl methyl sites for hydroxylation is 1. The van der Waals surface area contributed by atoms with Gasteiger partial charge in [0.2, 0.25) is 11.7 Å². The molecule has 0 spiro atoms. The molecule has 0 saturated heterocycles. The minimum atomic E-state index is -4.22. The highest BCUT2D eigenvalue weighted by Crippen LogP contribution is 2.24. The zero-order valence-electron chi connectivity index (χ0n) is 17.1. The number of benzene rings is 1. The summed E-state index contributed by atoms with van der Waals surface area (Å²) >= 11 is 0. The lowest BCUT2D eigenvalue weighted by Crippen LogP contribution is -2.60. The molecule has 12 heteroatoms. The van der Waals surface area contributed by atoms with Gasteiger partial charge in [-0.15, -0.1) is 0 Å². The van der Waals surface area contributed by atoms with E-state index in [1.54, 1.807) is 19.1 Å². The summed E-state index contributed by atoms with van der Waals surface area (Å²) in [5.74, 6) is -1.97. The SMILES string of the molecule is COC(=O)C1=C[C@H](O)[C@@H](NC(C)=O)[C@H]([C@H](O)[C@H](O)COS(=O)(=O)c2ccc(C)cc2)O1. The third kappa shape index (κ3) is 6.24. The number of aliphatic hydroxyl groups is 3. The maximum Gasteiger partial charge on any atom is 0.373 e. The van der Waals surface area contributed by atoms with Gasteiger partial charge in [-0.3, -0.25) is 8.98 Å². The van der Waals surface area contributed by atoms with Crippen LogP contribution in [0.5, 0.6) is 0 Å². The van der Waals surface area contributed by atoms with Crippen molar-refractivity contribution in [1.29, 1.82) is 0 Å². The van der Waals surface area contributed by atoms with Crippen molar-refractivity contribution >= 4 is 22.0 Å². The fourth-order valence-corrected chi connectivity index (χ4v) is 3.79. The van der Waals surface area contributed by atoms with E-state index in [0.29, 0.717) is 0 Å². The van der Waals surface area contributed by atoms with Gasteiger partial charge in [0.15, 0.2) is 6.10 Å². The number of ether oxygens (including phenoxy) is 2. The Morgan fingerprint density at radius 3 is 2.39 bits per heavy atom. The lowest BCUT2D eigenvalue weighted by atomic mass is 9.94. The number of amides is 1. The summed E-state index contributed by atoms with van der Waals surface area (Å²) < 4.78 is 39.2. The second kappa shape index (κ2) is 10.2. The van der Waals surface area contributed by atoms with Crippen LogP contribution in [0.15, 0.2) is 41.0 Å². The largest absolute Gasteiger partial charge is 0.478 e. The van der Waals surface area contributed by atoms with Crippen LogP contribution in [-0.2, 0) is 33.4 Å². The first kappa shape index (κ1) is 24.8. The van der Waals surface area contributed by atoms with E-state index in [9.17, 15) is 33.3 Å². The molecule has 0 aliphatic carbocycles. The van der Waals surface area contributed by atoms with Crippen LogP contribution in [0, 0.1) is 6.92 Å². The molecule has 0 bridgehead atoms. The molecular formula is C19H25NO10S. The Kier molecular flexibility index (Phi) is 8.14. The van der Waals surface area contributed by atoms with Gasteiger partial charge in [0.25, 0.3) is 10.1 Å². The molecular weight excluding hydrogens is 434 g/mol. The lowest BCUT2D eigenvalue weighted by Gasteiger charge is -2.38. The molecule has 0 aromatic heterocycles. The van der Waals surface area contributed by atoms with Crippen molar-refractivity contribution < 1.29 is 47.0 Å². The van der Waals surface area contributed by atoms with Crippen molar-refractivity contribution in [2.45, 2.75) is 49.2 Å². The summed E-state index contributed by atoms with van der Waals surface area (Å²) in [6.07, 6.45) is -5.66. The number of carbonyl (C=O) groups is 2. The zero-order chi connectivity index (χ0) is 23.3. The first-order chi connectivity index (χ1) is 14.5. The van der Waals surface area contributed by atoms with Crippen LogP contribution < -0.4 is 5.32 Å². The number of esters is 1. The standard InChI is InChI=1S/C19H25NO10S/c1-10-4-6-12(7-5-10)31(26,27)29-9-14(23)17(24)18-16(20-11(2)21)13(22)8-15(30-18)19(25)28-3/h4-8,13-14,16-18,22-24H,9H2,1-3H3,(H,20,21)/t13-,14+,16+,17+,18+/m0/s1. The summed E-state index contributed by atoms with van der Waals surface area (Å²) in [6.45, 7) is 2.08. The van der Waals surface area contributed by atoms with Crippen molar-refractivity contribution in [3.05, 3.63) is 41.7 Å². The quantitative estimate of drug-likeness (QED) is 0.272. The molecule has 11 nitrogen and oxygen atoms in total. The Labute approximate surface area is 179 Å². The van der Waals surface area contributed by atoms with Crippen LogP contribution in [-0.4, -0.2) is 79.8 Å². The molecule has 1 aromatic carbocycles. The van der Waals surface area contributed by atoms with Crippen molar-refractivity contribution in [2.24, 2.45) is 0 Å². The number of carbonyl (C=O) groups excluding carboxylic acids is 2. The van der Waals surface area contributed by atoms with Gasteiger partial charge in [0.05, 0.1) is 24.7 Å². The average Bonchev–Trinajstić information content (AvgIpc) is 2.72. The van der Waals surface area contributed by atoms with Crippen LogP contribution in [0.3, 0.4) is 0 Å². The molecule has 1 aliphatic rings. The van der Waals surface area contributed by atoms with E-state index in [1.807, 2.05) is 0 Å². The summed E-state index contributed by atoms with van der Waals surface area (Å²) in [6, 6.07) is 4.54. The molecule has 1 aromatic rings.